The molecule has 0 spiro atoms. The van der Waals surface area contributed by atoms with Gasteiger partial charge in [0.1, 0.15) is 0 Å². The standard InChI is InChI=1S/C15H22N2O/c1-4-13-7-5-11(3)17(13)15(18)12-6-8-14(16)10(2)9-12/h6,8-9,11,13H,4-5,7,16H2,1-3H3. The fraction of sp³-hybridized carbons (Fsp3) is 0.533. The molecule has 98 valence electrons. The van der Waals surface area contributed by atoms with Crippen molar-refractivity contribution in [3.63, 3.8) is 0 Å². The number of amides is 1. The Bertz CT molecular complexity index is 456. The molecule has 1 heterocycles. The molecule has 1 amide bonds. The summed E-state index contributed by atoms with van der Waals surface area (Å²) in [4.78, 5) is 14.6. The molecule has 1 saturated heterocycles. The summed E-state index contributed by atoms with van der Waals surface area (Å²) in [6.45, 7) is 6.23. The molecule has 2 atom stereocenters. The average molecular weight is 246 g/mol. The lowest BCUT2D eigenvalue weighted by atomic mass is 10.1. The van der Waals surface area contributed by atoms with Crippen molar-refractivity contribution in [1.29, 1.82) is 0 Å². The van der Waals surface area contributed by atoms with E-state index >= 15 is 0 Å². The van der Waals surface area contributed by atoms with Crippen LogP contribution >= 0.6 is 0 Å². The van der Waals surface area contributed by atoms with Gasteiger partial charge in [-0.05, 0) is 56.9 Å². The smallest absolute Gasteiger partial charge is 0.254 e. The van der Waals surface area contributed by atoms with E-state index < -0.39 is 0 Å². The maximum atomic E-state index is 12.6. The second-order valence-corrected chi connectivity index (χ2v) is 5.27. The van der Waals surface area contributed by atoms with Gasteiger partial charge in [0, 0.05) is 23.3 Å². The van der Waals surface area contributed by atoms with E-state index in [0.29, 0.717) is 12.1 Å². The minimum Gasteiger partial charge on any atom is -0.399 e. The lowest BCUT2D eigenvalue weighted by molar-refractivity contribution is 0.0676. The largest absolute Gasteiger partial charge is 0.399 e. The SMILES string of the molecule is CCC1CCC(C)N1C(=O)c1ccc(N)c(C)c1. The molecule has 2 rings (SSSR count). The summed E-state index contributed by atoms with van der Waals surface area (Å²) < 4.78 is 0. The summed E-state index contributed by atoms with van der Waals surface area (Å²) in [6.07, 6.45) is 3.26. The van der Waals surface area contributed by atoms with Gasteiger partial charge >= 0.3 is 0 Å². The van der Waals surface area contributed by atoms with Gasteiger partial charge in [-0.1, -0.05) is 6.92 Å². The van der Waals surface area contributed by atoms with Gasteiger partial charge in [-0.3, -0.25) is 4.79 Å². The first kappa shape index (κ1) is 12.9. The van der Waals surface area contributed by atoms with E-state index in [1.807, 2.05) is 30.0 Å². The first-order chi connectivity index (χ1) is 8.54. The van der Waals surface area contributed by atoms with Crippen LogP contribution in [0.3, 0.4) is 0 Å². The molecule has 0 bridgehead atoms. The average Bonchev–Trinajstić information content (AvgIpc) is 2.73. The summed E-state index contributed by atoms with van der Waals surface area (Å²) in [5, 5.41) is 0. The number of hydrogen-bond acceptors (Lipinski definition) is 2. The number of anilines is 1. The highest BCUT2D eigenvalue weighted by molar-refractivity contribution is 5.95. The quantitative estimate of drug-likeness (QED) is 0.815. The van der Waals surface area contributed by atoms with E-state index in [4.69, 9.17) is 5.73 Å². The van der Waals surface area contributed by atoms with E-state index in [0.717, 1.165) is 36.1 Å². The Morgan fingerprint density at radius 3 is 2.78 bits per heavy atom. The summed E-state index contributed by atoms with van der Waals surface area (Å²) in [5.41, 5.74) is 8.27. The van der Waals surface area contributed by atoms with Gasteiger partial charge in [0.15, 0.2) is 0 Å². The number of aryl methyl sites for hydroxylation is 1. The zero-order valence-electron chi connectivity index (χ0n) is 11.4. The molecule has 1 fully saturated rings. The molecule has 0 aliphatic carbocycles. The van der Waals surface area contributed by atoms with Crippen LogP contribution in [0, 0.1) is 6.92 Å². The Hall–Kier alpha value is -1.51. The predicted octanol–water partition coefficient (Wildman–Crippen LogP) is 2.98. The van der Waals surface area contributed by atoms with Crippen LogP contribution in [0.2, 0.25) is 0 Å². The Kier molecular flexibility index (Phi) is 3.60. The summed E-state index contributed by atoms with van der Waals surface area (Å²) >= 11 is 0. The summed E-state index contributed by atoms with van der Waals surface area (Å²) in [5.74, 6) is 0.148. The number of carbonyl (C=O) groups excluding carboxylic acids is 1. The first-order valence-corrected chi connectivity index (χ1v) is 6.73. The third kappa shape index (κ3) is 2.22. The number of hydrogen-bond donors (Lipinski definition) is 1. The number of likely N-dealkylation sites (tertiary alicyclic amines) is 1. The van der Waals surface area contributed by atoms with Crippen molar-refractivity contribution in [3.05, 3.63) is 29.3 Å². The molecule has 0 aromatic heterocycles. The second kappa shape index (κ2) is 5.01. The number of nitrogen functional groups attached to an aromatic ring is 1. The number of nitrogens with zero attached hydrogens (tertiary/aromatic N) is 1. The third-order valence-corrected chi connectivity index (χ3v) is 4.01. The molecule has 1 aromatic carbocycles. The van der Waals surface area contributed by atoms with E-state index in [2.05, 4.69) is 13.8 Å². The number of rotatable bonds is 2. The van der Waals surface area contributed by atoms with Crippen LogP contribution in [0.4, 0.5) is 5.69 Å². The van der Waals surface area contributed by atoms with Gasteiger partial charge in [0.05, 0.1) is 0 Å². The molecule has 3 heteroatoms. The normalized spacial score (nSPS) is 23.4. The molecule has 1 aromatic rings. The van der Waals surface area contributed by atoms with Gasteiger partial charge in [0.25, 0.3) is 5.91 Å². The number of carbonyl (C=O) groups is 1. The van der Waals surface area contributed by atoms with Gasteiger partial charge in [-0.15, -0.1) is 0 Å². The Labute approximate surface area is 109 Å². The lowest BCUT2D eigenvalue weighted by Gasteiger charge is -2.28. The maximum Gasteiger partial charge on any atom is 0.254 e. The Morgan fingerprint density at radius 1 is 1.44 bits per heavy atom. The van der Waals surface area contributed by atoms with E-state index in [-0.39, 0.29) is 5.91 Å². The fourth-order valence-corrected chi connectivity index (χ4v) is 2.80. The molecule has 2 N–H and O–H groups in total. The summed E-state index contributed by atoms with van der Waals surface area (Å²) in [6, 6.07) is 6.30. The molecule has 3 nitrogen and oxygen atoms in total. The maximum absolute atomic E-state index is 12.6. The van der Waals surface area contributed by atoms with Gasteiger partial charge in [0.2, 0.25) is 0 Å². The van der Waals surface area contributed by atoms with Crippen molar-refractivity contribution in [2.75, 3.05) is 5.73 Å². The molecular formula is C15H22N2O. The second-order valence-electron chi connectivity index (χ2n) is 5.27. The van der Waals surface area contributed by atoms with Crippen molar-refractivity contribution in [3.8, 4) is 0 Å². The van der Waals surface area contributed by atoms with Crippen LogP contribution in [0.25, 0.3) is 0 Å². The highest BCUT2D eigenvalue weighted by Gasteiger charge is 2.33. The van der Waals surface area contributed by atoms with Gasteiger partial charge < -0.3 is 10.6 Å². The molecule has 18 heavy (non-hydrogen) atoms. The zero-order chi connectivity index (χ0) is 13.3. The minimum absolute atomic E-state index is 0.148. The topological polar surface area (TPSA) is 46.3 Å². The highest BCUT2D eigenvalue weighted by atomic mass is 16.2. The van der Waals surface area contributed by atoms with Gasteiger partial charge in [-0.25, -0.2) is 0 Å². The number of nitrogens with two attached hydrogens (primary N) is 1. The third-order valence-electron chi connectivity index (χ3n) is 4.01. The molecule has 2 unspecified atom stereocenters. The monoisotopic (exact) mass is 246 g/mol. The Balaban J connectivity index is 2.27. The van der Waals surface area contributed by atoms with Crippen molar-refractivity contribution >= 4 is 11.6 Å². The van der Waals surface area contributed by atoms with Crippen LogP contribution in [0.5, 0.6) is 0 Å². The highest BCUT2D eigenvalue weighted by Crippen LogP contribution is 2.28. The molecule has 1 aliphatic rings. The zero-order valence-corrected chi connectivity index (χ0v) is 11.4. The Morgan fingerprint density at radius 2 is 2.17 bits per heavy atom. The lowest BCUT2D eigenvalue weighted by Crippen LogP contribution is -2.39. The van der Waals surface area contributed by atoms with Crippen LogP contribution in [-0.4, -0.2) is 22.9 Å². The van der Waals surface area contributed by atoms with Crippen LogP contribution in [-0.2, 0) is 0 Å². The molecular weight excluding hydrogens is 224 g/mol. The van der Waals surface area contributed by atoms with E-state index in [1.165, 1.54) is 0 Å². The molecule has 0 radical (unpaired) electrons. The van der Waals surface area contributed by atoms with Crippen LogP contribution in [0.1, 0.15) is 49.0 Å². The van der Waals surface area contributed by atoms with Crippen molar-refractivity contribution in [2.45, 2.75) is 52.1 Å². The molecule has 1 aliphatic heterocycles. The van der Waals surface area contributed by atoms with E-state index in [1.54, 1.807) is 0 Å². The van der Waals surface area contributed by atoms with Crippen molar-refractivity contribution < 1.29 is 4.79 Å². The first-order valence-electron chi connectivity index (χ1n) is 6.73. The van der Waals surface area contributed by atoms with Crippen LogP contribution in [0.15, 0.2) is 18.2 Å². The predicted molar refractivity (Wildman–Crippen MR) is 74.5 cm³/mol. The minimum atomic E-state index is 0.148. The van der Waals surface area contributed by atoms with E-state index in [9.17, 15) is 4.79 Å². The van der Waals surface area contributed by atoms with Crippen LogP contribution < -0.4 is 5.73 Å². The molecule has 0 saturated carbocycles. The summed E-state index contributed by atoms with van der Waals surface area (Å²) in [7, 11) is 0. The fourth-order valence-electron chi connectivity index (χ4n) is 2.80. The van der Waals surface area contributed by atoms with Crippen molar-refractivity contribution in [2.24, 2.45) is 0 Å². The number of benzene rings is 1. The van der Waals surface area contributed by atoms with Gasteiger partial charge in [-0.2, -0.15) is 0 Å². The van der Waals surface area contributed by atoms with Crippen molar-refractivity contribution in [1.82, 2.24) is 4.90 Å².